The van der Waals surface area contributed by atoms with E-state index in [-0.39, 0.29) is 5.91 Å². The Morgan fingerprint density at radius 2 is 1.71 bits per heavy atom. The van der Waals surface area contributed by atoms with Crippen molar-refractivity contribution in [3.05, 3.63) is 58.7 Å². The standard InChI is InChI=1S/C26H35N2O5PS/c1-18-16-19(2)23(20(3)17-18)24(29)28-12-5-13-33-21-6-8-22(9-7-21)35-34(4,31)26(25(27)30)10-14-32-15-11-26/h6-9,16-17H,5,10-15H2,1-4H3,(H2,27,30)(H,28,29). The molecule has 2 amide bonds. The zero-order chi connectivity index (χ0) is 25.6. The van der Waals surface area contributed by atoms with E-state index in [1.807, 2.05) is 57.2 Å². The van der Waals surface area contributed by atoms with Crippen molar-refractivity contribution in [2.75, 3.05) is 33.0 Å². The zero-order valence-electron chi connectivity index (χ0n) is 20.9. The van der Waals surface area contributed by atoms with Crippen LogP contribution in [0.25, 0.3) is 0 Å². The molecule has 1 atom stereocenters. The van der Waals surface area contributed by atoms with Gasteiger partial charge in [-0.05, 0) is 82.1 Å². The molecule has 3 rings (SSSR count). The Bertz CT molecular complexity index is 1090. The molecule has 1 saturated heterocycles. The summed E-state index contributed by atoms with van der Waals surface area (Å²) >= 11 is 1.22. The molecular weight excluding hydrogens is 483 g/mol. The van der Waals surface area contributed by atoms with Gasteiger partial charge in [-0.25, -0.2) is 0 Å². The van der Waals surface area contributed by atoms with Crippen molar-refractivity contribution in [1.29, 1.82) is 0 Å². The van der Waals surface area contributed by atoms with E-state index in [4.69, 9.17) is 15.2 Å². The molecule has 1 aliphatic rings. The Hall–Kier alpha value is -2.28. The second kappa shape index (κ2) is 11.6. The van der Waals surface area contributed by atoms with Crippen molar-refractivity contribution < 1.29 is 23.6 Å². The summed E-state index contributed by atoms with van der Waals surface area (Å²) < 4.78 is 24.7. The smallest absolute Gasteiger partial charge is 0.251 e. The Kier molecular flexibility index (Phi) is 9.08. The fourth-order valence-corrected chi connectivity index (χ4v) is 9.68. The number of benzene rings is 2. The second-order valence-electron chi connectivity index (χ2n) is 9.15. The van der Waals surface area contributed by atoms with Crippen LogP contribution in [0.15, 0.2) is 41.3 Å². The molecule has 1 fully saturated rings. The number of hydrogen-bond donors (Lipinski definition) is 2. The minimum absolute atomic E-state index is 0.0661. The number of carbonyl (C=O) groups is 2. The van der Waals surface area contributed by atoms with Gasteiger partial charge in [-0.3, -0.25) is 9.59 Å². The number of rotatable bonds is 10. The van der Waals surface area contributed by atoms with E-state index in [1.165, 1.54) is 11.4 Å². The summed E-state index contributed by atoms with van der Waals surface area (Å²) in [5.74, 6) is 0.107. The van der Waals surface area contributed by atoms with E-state index in [0.717, 1.165) is 27.1 Å². The number of primary amides is 1. The van der Waals surface area contributed by atoms with E-state index >= 15 is 0 Å². The van der Waals surface area contributed by atoms with E-state index in [9.17, 15) is 14.2 Å². The van der Waals surface area contributed by atoms with Crippen molar-refractivity contribution in [1.82, 2.24) is 5.32 Å². The van der Waals surface area contributed by atoms with Crippen LogP contribution in [0.4, 0.5) is 0 Å². The first kappa shape index (κ1) is 27.3. The molecule has 0 saturated carbocycles. The number of carbonyl (C=O) groups excluding carboxylic acids is 2. The molecule has 0 spiro atoms. The Labute approximate surface area is 211 Å². The van der Waals surface area contributed by atoms with Gasteiger partial charge in [0, 0.05) is 30.2 Å². The summed E-state index contributed by atoms with van der Waals surface area (Å²) in [6.07, 6.45) is -1.56. The van der Waals surface area contributed by atoms with Gasteiger partial charge in [0.25, 0.3) is 5.91 Å². The highest BCUT2D eigenvalue weighted by Crippen LogP contribution is 2.70. The fraction of sp³-hybridized carbons (Fsp3) is 0.462. The molecule has 0 aliphatic carbocycles. The molecule has 1 aliphatic heterocycles. The topological polar surface area (TPSA) is 108 Å². The number of nitrogens with one attached hydrogen (secondary N) is 1. The fourth-order valence-electron chi connectivity index (χ4n) is 4.54. The van der Waals surface area contributed by atoms with E-state index in [1.54, 1.807) is 6.66 Å². The first-order valence-electron chi connectivity index (χ1n) is 11.8. The highest BCUT2D eigenvalue weighted by molar-refractivity contribution is 8.58. The molecule has 1 heterocycles. The van der Waals surface area contributed by atoms with Gasteiger partial charge >= 0.3 is 0 Å². The predicted octanol–water partition coefficient (Wildman–Crippen LogP) is 4.85. The van der Waals surface area contributed by atoms with Crippen LogP contribution in [-0.4, -0.2) is 50.0 Å². The first-order valence-corrected chi connectivity index (χ1v) is 15.4. The third-order valence-corrected chi connectivity index (χ3v) is 12.2. The third-order valence-electron chi connectivity index (χ3n) is 6.44. The number of hydrogen-bond acceptors (Lipinski definition) is 6. The third kappa shape index (κ3) is 6.49. The molecule has 7 nitrogen and oxygen atoms in total. The van der Waals surface area contributed by atoms with Crippen LogP contribution in [-0.2, 0) is 14.1 Å². The lowest BCUT2D eigenvalue weighted by Crippen LogP contribution is -2.47. The Balaban J connectivity index is 1.48. The molecular formula is C26H35N2O5PS. The van der Waals surface area contributed by atoms with Gasteiger partial charge in [0.05, 0.1) is 6.61 Å². The molecule has 9 heteroatoms. The predicted molar refractivity (Wildman–Crippen MR) is 141 cm³/mol. The summed E-state index contributed by atoms with van der Waals surface area (Å²) in [6, 6.07) is 11.4. The van der Waals surface area contributed by atoms with Gasteiger partial charge in [-0.15, -0.1) is 0 Å². The molecule has 35 heavy (non-hydrogen) atoms. The maximum Gasteiger partial charge on any atom is 0.251 e. The minimum atomic E-state index is -2.99. The van der Waals surface area contributed by atoms with Crippen LogP contribution in [0, 0.1) is 20.8 Å². The summed E-state index contributed by atoms with van der Waals surface area (Å²) in [5, 5.41) is 1.93. The molecule has 0 radical (unpaired) electrons. The van der Waals surface area contributed by atoms with Crippen LogP contribution in [0.1, 0.15) is 46.3 Å². The van der Waals surface area contributed by atoms with Crippen molar-refractivity contribution in [2.24, 2.45) is 5.73 Å². The number of ether oxygens (including phenoxy) is 2. The van der Waals surface area contributed by atoms with Gasteiger partial charge < -0.3 is 25.1 Å². The summed E-state index contributed by atoms with van der Waals surface area (Å²) in [7, 11) is 0. The maximum absolute atomic E-state index is 13.6. The SMILES string of the molecule is Cc1cc(C)c(C(=O)NCCCOc2ccc(SP(C)(=O)C3(C(N)=O)CCOCC3)cc2)c(C)c1. The number of nitrogens with two attached hydrogens (primary N) is 1. The van der Waals surface area contributed by atoms with Crippen LogP contribution in [0.2, 0.25) is 0 Å². The van der Waals surface area contributed by atoms with Crippen LogP contribution in [0.5, 0.6) is 5.75 Å². The molecule has 0 bridgehead atoms. The Morgan fingerprint density at radius 1 is 1.11 bits per heavy atom. The highest BCUT2D eigenvalue weighted by atomic mass is 32.7. The van der Waals surface area contributed by atoms with Gasteiger partial charge in [0.2, 0.25) is 5.91 Å². The molecule has 1 unspecified atom stereocenters. The van der Waals surface area contributed by atoms with Gasteiger partial charge in [-0.1, -0.05) is 29.1 Å². The maximum atomic E-state index is 13.6. The van der Waals surface area contributed by atoms with Crippen molar-refractivity contribution in [3.8, 4) is 5.75 Å². The van der Waals surface area contributed by atoms with Gasteiger partial charge in [0.1, 0.15) is 10.9 Å². The summed E-state index contributed by atoms with van der Waals surface area (Å²) in [4.78, 5) is 25.6. The van der Waals surface area contributed by atoms with Crippen molar-refractivity contribution in [2.45, 2.75) is 50.1 Å². The van der Waals surface area contributed by atoms with Gasteiger partial charge in [-0.2, -0.15) is 0 Å². The van der Waals surface area contributed by atoms with Crippen LogP contribution < -0.4 is 15.8 Å². The normalized spacial score (nSPS) is 16.8. The largest absolute Gasteiger partial charge is 0.494 e. The quantitative estimate of drug-likeness (QED) is 0.344. The van der Waals surface area contributed by atoms with E-state index in [0.29, 0.717) is 51.4 Å². The molecule has 2 aromatic carbocycles. The number of amides is 2. The Morgan fingerprint density at radius 3 is 2.29 bits per heavy atom. The lowest BCUT2D eigenvalue weighted by atomic mass is 9.98. The average molecular weight is 519 g/mol. The van der Waals surface area contributed by atoms with Gasteiger partial charge in [0.15, 0.2) is 6.34 Å². The lowest BCUT2D eigenvalue weighted by Gasteiger charge is -2.38. The van der Waals surface area contributed by atoms with E-state index < -0.39 is 17.4 Å². The summed E-state index contributed by atoms with van der Waals surface area (Å²) in [6.45, 7) is 9.31. The zero-order valence-corrected chi connectivity index (χ0v) is 22.6. The second-order valence-corrected chi connectivity index (χ2v) is 15.0. The first-order chi connectivity index (χ1) is 16.6. The lowest BCUT2D eigenvalue weighted by molar-refractivity contribution is -0.122. The summed E-state index contributed by atoms with van der Waals surface area (Å²) in [5.41, 5.74) is 9.52. The molecule has 2 aromatic rings. The molecule has 0 aromatic heterocycles. The molecule has 190 valence electrons. The number of aryl methyl sites for hydroxylation is 3. The molecule has 3 N–H and O–H groups in total. The van der Waals surface area contributed by atoms with Crippen LogP contribution in [0.3, 0.4) is 0 Å². The van der Waals surface area contributed by atoms with E-state index in [2.05, 4.69) is 5.32 Å². The van der Waals surface area contributed by atoms with Crippen molar-refractivity contribution in [3.63, 3.8) is 0 Å². The highest BCUT2D eigenvalue weighted by Gasteiger charge is 2.51. The van der Waals surface area contributed by atoms with Crippen LogP contribution >= 0.6 is 17.7 Å². The average Bonchev–Trinajstić information content (AvgIpc) is 2.79. The van der Waals surface area contributed by atoms with Crippen molar-refractivity contribution >= 4 is 29.5 Å². The monoisotopic (exact) mass is 518 g/mol. The minimum Gasteiger partial charge on any atom is -0.494 e.